The molecule has 2 rings (SSSR count). The summed E-state index contributed by atoms with van der Waals surface area (Å²) in [5.41, 5.74) is 1.72. The van der Waals surface area contributed by atoms with Crippen molar-refractivity contribution in [3.8, 4) is 0 Å². The van der Waals surface area contributed by atoms with E-state index in [9.17, 15) is 9.50 Å². The molecular weight excluding hydrogens is 331 g/mol. The van der Waals surface area contributed by atoms with Gasteiger partial charge in [-0.15, -0.1) is 0 Å². The molecule has 1 unspecified atom stereocenters. The van der Waals surface area contributed by atoms with E-state index in [-0.39, 0.29) is 5.82 Å². The number of aliphatic hydroxyl groups excluding tert-OH is 1. The van der Waals surface area contributed by atoms with Crippen molar-refractivity contribution < 1.29 is 9.50 Å². The van der Waals surface area contributed by atoms with Gasteiger partial charge in [0.1, 0.15) is 5.82 Å². The van der Waals surface area contributed by atoms with Crippen molar-refractivity contribution in [2.75, 3.05) is 0 Å². The fourth-order valence-corrected chi connectivity index (χ4v) is 2.61. The summed E-state index contributed by atoms with van der Waals surface area (Å²) in [5, 5.41) is 10.7. The van der Waals surface area contributed by atoms with Gasteiger partial charge >= 0.3 is 0 Å². The SMILES string of the molecule is OC(Cc1cccc(Cl)c1)Cc1cccc(F)c1Br. The summed E-state index contributed by atoms with van der Waals surface area (Å²) < 4.78 is 13.8. The molecule has 0 spiro atoms. The summed E-state index contributed by atoms with van der Waals surface area (Å²) in [5.74, 6) is -0.313. The van der Waals surface area contributed by atoms with Crippen molar-refractivity contribution in [3.05, 3.63) is 68.9 Å². The predicted octanol–water partition coefficient (Wildman–Crippen LogP) is 4.39. The molecule has 19 heavy (non-hydrogen) atoms. The zero-order chi connectivity index (χ0) is 13.8. The number of hydrogen-bond donors (Lipinski definition) is 1. The molecule has 1 N–H and O–H groups in total. The Morgan fingerprint density at radius 2 is 1.89 bits per heavy atom. The minimum Gasteiger partial charge on any atom is -0.392 e. The largest absolute Gasteiger partial charge is 0.392 e. The minimum absolute atomic E-state index is 0.313. The van der Waals surface area contributed by atoms with E-state index in [0.29, 0.717) is 22.3 Å². The monoisotopic (exact) mass is 342 g/mol. The van der Waals surface area contributed by atoms with Gasteiger partial charge in [0.2, 0.25) is 0 Å². The van der Waals surface area contributed by atoms with E-state index < -0.39 is 6.10 Å². The van der Waals surface area contributed by atoms with E-state index in [1.807, 2.05) is 18.2 Å². The molecule has 0 aliphatic carbocycles. The molecule has 1 nitrogen and oxygen atoms in total. The first-order chi connectivity index (χ1) is 9.06. The summed E-state index contributed by atoms with van der Waals surface area (Å²) >= 11 is 9.09. The topological polar surface area (TPSA) is 20.2 Å². The first-order valence-electron chi connectivity index (χ1n) is 5.91. The first kappa shape index (κ1) is 14.5. The van der Waals surface area contributed by atoms with Crippen LogP contribution < -0.4 is 0 Å². The summed E-state index contributed by atoms with van der Waals surface area (Å²) in [7, 11) is 0. The van der Waals surface area contributed by atoms with E-state index in [1.54, 1.807) is 18.2 Å². The normalized spacial score (nSPS) is 12.4. The number of hydrogen-bond acceptors (Lipinski definition) is 1. The van der Waals surface area contributed by atoms with Gasteiger partial charge in [-0.1, -0.05) is 35.9 Å². The van der Waals surface area contributed by atoms with Crippen LogP contribution in [0.15, 0.2) is 46.9 Å². The molecule has 100 valence electrons. The second-order valence-electron chi connectivity index (χ2n) is 4.40. The molecule has 2 aromatic rings. The third-order valence-electron chi connectivity index (χ3n) is 2.85. The Kier molecular flexibility index (Phi) is 4.97. The third-order valence-corrected chi connectivity index (χ3v) is 3.97. The van der Waals surface area contributed by atoms with Gasteiger partial charge in [0, 0.05) is 5.02 Å². The average Bonchev–Trinajstić information content (AvgIpc) is 2.35. The van der Waals surface area contributed by atoms with Crippen molar-refractivity contribution in [3.63, 3.8) is 0 Å². The Labute approximate surface area is 125 Å². The van der Waals surface area contributed by atoms with Crippen molar-refractivity contribution in [1.29, 1.82) is 0 Å². The van der Waals surface area contributed by atoms with Crippen molar-refractivity contribution in [2.24, 2.45) is 0 Å². The molecular formula is C15H13BrClFO. The van der Waals surface area contributed by atoms with Crippen LogP contribution in [-0.4, -0.2) is 11.2 Å². The molecule has 0 radical (unpaired) electrons. The zero-order valence-electron chi connectivity index (χ0n) is 10.1. The summed E-state index contributed by atoms with van der Waals surface area (Å²) in [6, 6.07) is 12.2. The summed E-state index contributed by atoms with van der Waals surface area (Å²) in [6.45, 7) is 0. The number of aliphatic hydroxyl groups is 1. The fourth-order valence-electron chi connectivity index (χ4n) is 1.97. The lowest BCUT2D eigenvalue weighted by Gasteiger charge is -2.12. The standard InChI is InChI=1S/C15H13BrClFO/c16-15-11(4-2-6-14(15)18)9-13(19)8-10-3-1-5-12(17)7-10/h1-7,13,19H,8-9H2. The first-order valence-corrected chi connectivity index (χ1v) is 7.09. The molecule has 2 aromatic carbocycles. The van der Waals surface area contributed by atoms with Gasteiger partial charge in [-0.25, -0.2) is 4.39 Å². The van der Waals surface area contributed by atoms with Crippen LogP contribution >= 0.6 is 27.5 Å². The minimum atomic E-state index is -0.573. The summed E-state index contributed by atoms with van der Waals surface area (Å²) in [4.78, 5) is 0. The fraction of sp³-hybridized carbons (Fsp3) is 0.200. The average molecular weight is 344 g/mol. The Hall–Kier alpha value is -0.900. The predicted molar refractivity (Wildman–Crippen MR) is 79.0 cm³/mol. The maximum atomic E-state index is 13.4. The maximum absolute atomic E-state index is 13.4. The van der Waals surface area contributed by atoms with Crippen molar-refractivity contribution in [1.82, 2.24) is 0 Å². The maximum Gasteiger partial charge on any atom is 0.137 e. The molecule has 0 heterocycles. The van der Waals surface area contributed by atoms with Gasteiger partial charge in [-0.2, -0.15) is 0 Å². The Bertz CT molecular complexity index is 574. The van der Waals surface area contributed by atoms with Gasteiger partial charge in [0.15, 0.2) is 0 Å². The quantitative estimate of drug-likeness (QED) is 0.873. The third kappa shape index (κ3) is 4.03. The molecule has 4 heteroatoms. The van der Waals surface area contributed by atoms with Gasteiger partial charge < -0.3 is 5.11 Å². The summed E-state index contributed by atoms with van der Waals surface area (Å²) in [6.07, 6.45) is 0.311. The molecule has 0 saturated heterocycles. The number of benzene rings is 2. The lowest BCUT2D eigenvalue weighted by atomic mass is 10.0. The van der Waals surface area contributed by atoms with Crippen molar-refractivity contribution >= 4 is 27.5 Å². The smallest absolute Gasteiger partial charge is 0.137 e. The number of halogens is 3. The molecule has 0 aliphatic heterocycles. The van der Waals surface area contributed by atoms with Crippen LogP contribution in [0.3, 0.4) is 0 Å². The van der Waals surface area contributed by atoms with Gasteiger partial charge in [-0.05, 0) is 58.1 Å². The number of rotatable bonds is 4. The van der Waals surface area contributed by atoms with Gasteiger partial charge in [-0.3, -0.25) is 0 Å². The van der Waals surface area contributed by atoms with E-state index in [1.165, 1.54) is 6.07 Å². The lowest BCUT2D eigenvalue weighted by Crippen LogP contribution is -2.14. The molecule has 0 aromatic heterocycles. The molecule has 0 bridgehead atoms. The van der Waals surface area contributed by atoms with Crippen molar-refractivity contribution in [2.45, 2.75) is 18.9 Å². The van der Waals surface area contributed by atoms with Crippen LogP contribution in [0.5, 0.6) is 0 Å². The van der Waals surface area contributed by atoms with E-state index in [4.69, 9.17) is 11.6 Å². The molecule has 0 amide bonds. The molecule has 0 saturated carbocycles. The van der Waals surface area contributed by atoms with E-state index in [0.717, 1.165) is 11.1 Å². The Morgan fingerprint density at radius 1 is 1.16 bits per heavy atom. The highest BCUT2D eigenvalue weighted by Crippen LogP contribution is 2.22. The van der Waals surface area contributed by atoms with Gasteiger partial charge in [0.25, 0.3) is 0 Å². The molecule has 1 atom stereocenters. The van der Waals surface area contributed by atoms with Gasteiger partial charge in [0.05, 0.1) is 10.6 Å². The van der Waals surface area contributed by atoms with Crippen LogP contribution in [0.1, 0.15) is 11.1 Å². The second kappa shape index (κ2) is 6.51. The zero-order valence-corrected chi connectivity index (χ0v) is 12.5. The molecule has 0 fully saturated rings. The van der Waals surface area contributed by atoms with E-state index in [2.05, 4.69) is 15.9 Å². The van der Waals surface area contributed by atoms with Crippen LogP contribution in [0.25, 0.3) is 0 Å². The highest BCUT2D eigenvalue weighted by Gasteiger charge is 2.11. The lowest BCUT2D eigenvalue weighted by molar-refractivity contribution is 0.175. The van der Waals surface area contributed by atoms with Crippen LogP contribution in [-0.2, 0) is 12.8 Å². The van der Waals surface area contributed by atoms with Crippen LogP contribution in [0.4, 0.5) is 4.39 Å². The Morgan fingerprint density at radius 3 is 2.63 bits per heavy atom. The van der Waals surface area contributed by atoms with Crippen LogP contribution in [0, 0.1) is 5.82 Å². The Balaban J connectivity index is 2.05. The molecule has 0 aliphatic rings. The second-order valence-corrected chi connectivity index (χ2v) is 5.63. The van der Waals surface area contributed by atoms with Crippen LogP contribution in [0.2, 0.25) is 5.02 Å². The van der Waals surface area contributed by atoms with E-state index >= 15 is 0 Å². The highest BCUT2D eigenvalue weighted by atomic mass is 79.9. The highest BCUT2D eigenvalue weighted by molar-refractivity contribution is 9.10.